The number of methoxy groups -OCH3 is 1. The molecule has 0 saturated carbocycles. The van der Waals surface area contributed by atoms with Gasteiger partial charge in [-0.2, -0.15) is 0 Å². The van der Waals surface area contributed by atoms with Crippen molar-refractivity contribution in [2.24, 2.45) is 5.73 Å². The lowest BCUT2D eigenvalue weighted by Gasteiger charge is -2.15. The molecule has 7 heteroatoms. The Balaban J connectivity index is 2.77. The first-order chi connectivity index (χ1) is 9.56. The minimum Gasteiger partial charge on any atom is -0.481 e. The number of aromatic amines is 1. The first-order valence-electron chi connectivity index (χ1n) is 6.12. The normalized spacial score (nSPS) is 10.6. The van der Waals surface area contributed by atoms with E-state index in [1.165, 1.54) is 13.2 Å². The topological polar surface area (TPSA) is 85.9 Å². The first kappa shape index (κ1) is 14.4. The monoisotopic (exact) mass is 292 g/mol. The van der Waals surface area contributed by atoms with Gasteiger partial charge in [-0.3, -0.25) is 9.78 Å². The van der Waals surface area contributed by atoms with Gasteiger partial charge in [0, 0.05) is 25.4 Å². The Hall–Kier alpha value is -1.99. The molecule has 2 rings (SSSR count). The molecule has 6 nitrogen and oxygen atoms in total. The van der Waals surface area contributed by atoms with Crippen molar-refractivity contribution in [1.82, 2.24) is 14.5 Å². The molecule has 106 valence electrons. The van der Waals surface area contributed by atoms with Gasteiger partial charge < -0.3 is 15.0 Å². The Morgan fingerprint density at radius 3 is 2.90 bits per heavy atom. The molecule has 0 unspecified atom stereocenters. The number of ether oxygens (including phenoxy) is 1. The molecular weight excluding hydrogens is 276 g/mol. The molecule has 0 aliphatic rings. The van der Waals surface area contributed by atoms with E-state index in [-0.39, 0.29) is 5.56 Å². The van der Waals surface area contributed by atoms with E-state index < -0.39 is 0 Å². The lowest BCUT2D eigenvalue weighted by atomic mass is 10.1. The van der Waals surface area contributed by atoms with Crippen LogP contribution in [0.15, 0.2) is 23.1 Å². The van der Waals surface area contributed by atoms with Crippen LogP contribution in [0.4, 0.5) is 0 Å². The van der Waals surface area contributed by atoms with Gasteiger partial charge in [-0.15, -0.1) is 0 Å². The maximum absolute atomic E-state index is 11.7. The van der Waals surface area contributed by atoms with Crippen LogP contribution in [0.2, 0.25) is 0 Å². The maximum Gasteiger partial charge on any atom is 0.252 e. The molecule has 0 aliphatic carbocycles. The molecule has 3 N–H and O–H groups in total. The van der Waals surface area contributed by atoms with Crippen LogP contribution >= 0.6 is 12.2 Å². The van der Waals surface area contributed by atoms with E-state index in [0.29, 0.717) is 29.4 Å². The van der Waals surface area contributed by atoms with Crippen LogP contribution in [-0.2, 0) is 6.54 Å². The highest BCUT2D eigenvalue weighted by Crippen LogP contribution is 2.27. The molecule has 0 aliphatic heterocycles. The minimum absolute atomic E-state index is 0.262. The number of hydrogen-bond donors (Lipinski definition) is 2. The number of nitrogens with one attached hydrogen (secondary N) is 1. The maximum atomic E-state index is 11.7. The zero-order valence-electron chi connectivity index (χ0n) is 11.3. The van der Waals surface area contributed by atoms with Crippen LogP contribution in [0.1, 0.15) is 5.56 Å². The van der Waals surface area contributed by atoms with Crippen LogP contribution in [0.25, 0.3) is 11.3 Å². The highest BCUT2D eigenvalue weighted by molar-refractivity contribution is 7.71. The molecule has 2 heterocycles. The molecule has 2 aromatic rings. The van der Waals surface area contributed by atoms with Gasteiger partial charge in [0.1, 0.15) is 0 Å². The van der Waals surface area contributed by atoms with E-state index in [2.05, 4.69) is 9.97 Å². The quantitative estimate of drug-likeness (QED) is 0.828. The molecule has 0 spiro atoms. The van der Waals surface area contributed by atoms with Crippen LogP contribution in [0.5, 0.6) is 5.88 Å². The van der Waals surface area contributed by atoms with E-state index in [0.717, 1.165) is 11.1 Å². The SMILES string of the molecule is COc1ncc(C)cc1-c1cc(=O)[nH]c(=S)n1CCN. The summed E-state index contributed by atoms with van der Waals surface area (Å²) in [5.41, 5.74) is 7.68. The van der Waals surface area contributed by atoms with Gasteiger partial charge in [0.2, 0.25) is 5.88 Å². The smallest absolute Gasteiger partial charge is 0.252 e. The fourth-order valence-corrected chi connectivity index (χ4v) is 2.29. The Labute approximate surface area is 121 Å². The number of hydrogen-bond acceptors (Lipinski definition) is 5. The molecular formula is C13H16N4O2S. The van der Waals surface area contributed by atoms with E-state index in [1.807, 2.05) is 13.0 Å². The fourth-order valence-electron chi connectivity index (χ4n) is 2.00. The number of nitrogens with zero attached hydrogens (tertiary/aromatic N) is 2. The average molecular weight is 292 g/mol. The minimum atomic E-state index is -0.262. The number of aryl methyl sites for hydroxylation is 1. The van der Waals surface area contributed by atoms with E-state index >= 15 is 0 Å². The molecule has 0 saturated heterocycles. The van der Waals surface area contributed by atoms with Gasteiger partial charge in [-0.1, -0.05) is 0 Å². The van der Waals surface area contributed by atoms with Crippen molar-refractivity contribution in [3.63, 3.8) is 0 Å². The average Bonchev–Trinajstić information content (AvgIpc) is 2.41. The zero-order chi connectivity index (χ0) is 14.7. The molecule has 0 amide bonds. The van der Waals surface area contributed by atoms with Crippen molar-refractivity contribution in [3.05, 3.63) is 39.0 Å². The first-order valence-corrected chi connectivity index (χ1v) is 6.53. The molecule has 0 fully saturated rings. The summed E-state index contributed by atoms with van der Waals surface area (Å²) in [6.07, 6.45) is 1.71. The number of H-pyrrole nitrogens is 1. The van der Waals surface area contributed by atoms with Crippen LogP contribution in [-0.4, -0.2) is 28.2 Å². The third-order valence-corrected chi connectivity index (χ3v) is 3.17. The van der Waals surface area contributed by atoms with Crippen LogP contribution in [0.3, 0.4) is 0 Å². The van der Waals surface area contributed by atoms with Gasteiger partial charge in [0.15, 0.2) is 4.77 Å². The summed E-state index contributed by atoms with van der Waals surface area (Å²) in [6, 6.07) is 3.38. The second-order valence-corrected chi connectivity index (χ2v) is 4.72. The van der Waals surface area contributed by atoms with Crippen LogP contribution < -0.4 is 16.0 Å². The van der Waals surface area contributed by atoms with Crippen molar-refractivity contribution in [2.75, 3.05) is 13.7 Å². The Morgan fingerprint density at radius 1 is 1.50 bits per heavy atom. The van der Waals surface area contributed by atoms with E-state index in [4.69, 9.17) is 22.7 Å². The van der Waals surface area contributed by atoms with Gasteiger partial charge in [0.05, 0.1) is 18.4 Å². The lowest BCUT2D eigenvalue weighted by Crippen LogP contribution is -2.19. The highest BCUT2D eigenvalue weighted by Gasteiger charge is 2.13. The largest absolute Gasteiger partial charge is 0.481 e. The second kappa shape index (κ2) is 5.98. The Morgan fingerprint density at radius 2 is 2.25 bits per heavy atom. The molecule has 0 radical (unpaired) electrons. The molecule has 0 aromatic carbocycles. The van der Waals surface area contributed by atoms with Gasteiger partial charge in [-0.25, -0.2) is 4.98 Å². The predicted molar refractivity (Wildman–Crippen MR) is 79.5 cm³/mol. The van der Waals surface area contributed by atoms with Crippen molar-refractivity contribution < 1.29 is 4.74 Å². The summed E-state index contributed by atoms with van der Waals surface area (Å²) in [6.45, 7) is 2.84. The highest BCUT2D eigenvalue weighted by atomic mass is 32.1. The molecule has 0 bridgehead atoms. The third kappa shape index (κ3) is 2.78. The van der Waals surface area contributed by atoms with Crippen molar-refractivity contribution in [2.45, 2.75) is 13.5 Å². The summed E-state index contributed by atoms with van der Waals surface area (Å²) in [4.78, 5) is 18.5. The third-order valence-electron chi connectivity index (χ3n) is 2.84. The molecule has 0 atom stereocenters. The predicted octanol–water partition coefficient (Wildman–Crippen LogP) is 1.24. The van der Waals surface area contributed by atoms with E-state index in [1.54, 1.807) is 10.8 Å². The Bertz CT molecular complexity index is 736. The van der Waals surface area contributed by atoms with Gasteiger partial charge in [0.25, 0.3) is 5.56 Å². The van der Waals surface area contributed by atoms with Crippen LogP contribution in [0, 0.1) is 11.7 Å². The fraction of sp³-hybridized carbons (Fsp3) is 0.308. The summed E-state index contributed by atoms with van der Waals surface area (Å²) >= 11 is 5.20. The summed E-state index contributed by atoms with van der Waals surface area (Å²) in [5, 5.41) is 0. The summed E-state index contributed by atoms with van der Waals surface area (Å²) in [7, 11) is 1.54. The lowest BCUT2D eigenvalue weighted by molar-refractivity contribution is 0.399. The summed E-state index contributed by atoms with van der Waals surface area (Å²) in [5.74, 6) is 0.446. The summed E-state index contributed by atoms with van der Waals surface area (Å²) < 4.78 is 7.37. The standard InChI is InChI=1S/C13H16N4O2S/c1-8-5-9(12(19-2)15-7-8)10-6-11(18)16-13(20)17(10)4-3-14/h5-7H,3-4,14H2,1-2H3,(H,16,18,20). The van der Waals surface area contributed by atoms with Gasteiger partial charge >= 0.3 is 0 Å². The Kier molecular flexibility index (Phi) is 4.31. The number of rotatable bonds is 4. The molecule has 2 aromatic heterocycles. The van der Waals surface area contributed by atoms with Gasteiger partial charge in [-0.05, 0) is 30.8 Å². The second-order valence-electron chi connectivity index (χ2n) is 4.33. The van der Waals surface area contributed by atoms with Crippen molar-refractivity contribution in [3.8, 4) is 17.1 Å². The number of nitrogens with two attached hydrogens (primary N) is 1. The number of aromatic nitrogens is 3. The van der Waals surface area contributed by atoms with Crippen molar-refractivity contribution >= 4 is 12.2 Å². The number of pyridine rings is 1. The van der Waals surface area contributed by atoms with Crippen molar-refractivity contribution in [1.29, 1.82) is 0 Å². The van der Waals surface area contributed by atoms with E-state index in [9.17, 15) is 4.79 Å². The zero-order valence-corrected chi connectivity index (χ0v) is 12.2. The molecule has 20 heavy (non-hydrogen) atoms.